The third-order valence-corrected chi connectivity index (χ3v) is 2.44. The van der Waals surface area contributed by atoms with Gasteiger partial charge in [-0.15, -0.1) is 0 Å². The van der Waals surface area contributed by atoms with Crippen LogP contribution >= 0.6 is 0 Å². The molecular formula is C12H16O2. The summed E-state index contributed by atoms with van der Waals surface area (Å²) in [4.78, 5) is 0. The highest BCUT2D eigenvalue weighted by Crippen LogP contribution is 2.13. The molecule has 0 saturated carbocycles. The van der Waals surface area contributed by atoms with E-state index in [4.69, 9.17) is 9.47 Å². The average Bonchev–Trinajstić information content (AvgIpc) is 2.67. The predicted octanol–water partition coefficient (Wildman–Crippen LogP) is 2.30. The second-order valence-corrected chi connectivity index (χ2v) is 3.70. The van der Waals surface area contributed by atoms with Gasteiger partial charge in [-0.3, -0.25) is 0 Å². The van der Waals surface area contributed by atoms with E-state index in [0.29, 0.717) is 0 Å². The molecule has 76 valence electrons. The van der Waals surface area contributed by atoms with Gasteiger partial charge in [0.2, 0.25) is 0 Å². The van der Waals surface area contributed by atoms with Crippen LogP contribution in [0.15, 0.2) is 24.3 Å². The summed E-state index contributed by atoms with van der Waals surface area (Å²) in [5.74, 6) is 0. The van der Waals surface area contributed by atoms with Gasteiger partial charge in [0.15, 0.2) is 6.29 Å². The van der Waals surface area contributed by atoms with E-state index in [-0.39, 0.29) is 6.29 Å². The smallest absolute Gasteiger partial charge is 0.158 e. The van der Waals surface area contributed by atoms with Crippen LogP contribution in [-0.4, -0.2) is 19.5 Å². The van der Waals surface area contributed by atoms with Crippen LogP contribution in [0.3, 0.4) is 0 Å². The number of aryl methyl sites for hydroxylation is 2. The molecule has 0 bridgehead atoms. The fourth-order valence-electron chi connectivity index (χ4n) is 1.73. The summed E-state index contributed by atoms with van der Waals surface area (Å²) in [5, 5.41) is 0. The van der Waals surface area contributed by atoms with Crippen molar-refractivity contribution in [2.45, 2.75) is 26.1 Å². The molecule has 1 aromatic carbocycles. The van der Waals surface area contributed by atoms with E-state index in [9.17, 15) is 0 Å². The van der Waals surface area contributed by atoms with Crippen LogP contribution in [0.2, 0.25) is 0 Å². The van der Waals surface area contributed by atoms with Gasteiger partial charge >= 0.3 is 0 Å². The van der Waals surface area contributed by atoms with E-state index in [0.717, 1.165) is 26.1 Å². The Bertz CT molecular complexity index is 290. The Morgan fingerprint density at radius 1 is 1.29 bits per heavy atom. The van der Waals surface area contributed by atoms with Gasteiger partial charge in [0.1, 0.15) is 0 Å². The molecule has 0 aromatic heterocycles. The number of hydrogen-bond acceptors (Lipinski definition) is 2. The zero-order valence-electron chi connectivity index (χ0n) is 8.53. The topological polar surface area (TPSA) is 18.5 Å². The first-order chi connectivity index (χ1) is 6.84. The molecule has 2 heteroatoms. The Kier molecular flexibility index (Phi) is 3.17. The fourth-order valence-corrected chi connectivity index (χ4v) is 1.73. The summed E-state index contributed by atoms with van der Waals surface area (Å²) in [5.41, 5.74) is 2.68. The van der Waals surface area contributed by atoms with Crippen molar-refractivity contribution < 1.29 is 9.47 Å². The zero-order valence-corrected chi connectivity index (χ0v) is 8.53. The Balaban J connectivity index is 1.85. The molecule has 14 heavy (non-hydrogen) atoms. The van der Waals surface area contributed by atoms with Gasteiger partial charge in [0, 0.05) is 6.42 Å². The number of benzene rings is 1. The minimum Gasteiger partial charge on any atom is -0.350 e. The molecule has 0 N–H and O–H groups in total. The maximum Gasteiger partial charge on any atom is 0.158 e. The average molecular weight is 192 g/mol. The maximum absolute atomic E-state index is 5.38. The third-order valence-electron chi connectivity index (χ3n) is 2.44. The lowest BCUT2D eigenvalue weighted by Gasteiger charge is -2.08. The van der Waals surface area contributed by atoms with Gasteiger partial charge in [-0.05, 0) is 18.9 Å². The number of hydrogen-bond donors (Lipinski definition) is 0. The van der Waals surface area contributed by atoms with E-state index < -0.39 is 0 Å². The molecule has 1 aliphatic heterocycles. The molecule has 1 saturated heterocycles. The Morgan fingerprint density at radius 2 is 2.07 bits per heavy atom. The lowest BCUT2D eigenvalue weighted by Crippen LogP contribution is -2.08. The van der Waals surface area contributed by atoms with E-state index in [1.165, 1.54) is 11.1 Å². The Labute approximate surface area is 84.8 Å². The molecule has 1 fully saturated rings. The maximum atomic E-state index is 5.38. The van der Waals surface area contributed by atoms with Crippen LogP contribution in [0.1, 0.15) is 17.5 Å². The molecule has 0 atom stereocenters. The molecule has 0 radical (unpaired) electrons. The van der Waals surface area contributed by atoms with Crippen molar-refractivity contribution in [3.8, 4) is 0 Å². The molecule has 2 nitrogen and oxygen atoms in total. The summed E-state index contributed by atoms with van der Waals surface area (Å²) in [6, 6.07) is 8.59. The molecule has 0 spiro atoms. The quantitative estimate of drug-likeness (QED) is 0.731. The van der Waals surface area contributed by atoms with E-state index in [1.54, 1.807) is 0 Å². The highest BCUT2D eigenvalue weighted by atomic mass is 16.7. The zero-order chi connectivity index (χ0) is 9.80. The van der Waals surface area contributed by atoms with E-state index >= 15 is 0 Å². The van der Waals surface area contributed by atoms with Crippen molar-refractivity contribution in [3.63, 3.8) is 0 Å². The van der Waals surface area contributed by atoms with Gasteiger partial charge in [-0.2, -0.15) is 0 Å². The van der Waals surface area contributed by atoms with Gasteiger partial charge in [-0.1, -0.05) is 29.8 Å². The number of ether oxygens (including phenoxy) is 2. The van der Waals surface area contributed by atoms with Gasteiger partial charge in [-0.25, -0.2) is 0 Å². The van der Waals surface area contributed by atoms with Crippen LogP contribution in [0, 0.1) is 6.92 Å². The van der Waals surface area contributed by atoms with Crippen molar-refractivity contribution in [3.05, 3.63) is 35.4 Å². The van der Waals surface area contributed by atoms with E-state index in [1.807, 2.05) is 0 Å². The van der Waals surface area contributed by atoms with Crippen LogP contribution < -0.4 is 0 Å². The SMILES string of the molecule is Cc1cccc(CCC2OCCO2)c1. The number of rotatable bonds is 3. The van der Waals surface area contributed by atoms with Gasteiger partial charge in [0.05, 0.1) is 13.2 Å². The predicted molar refractivity (Wildman–Crippen MR) is 55.2 cm³/mol. The molecule has 0 unspecified atom stereocenters. The largest absolute Gasteiger partial charge is 0.350 e. The van der Waals surface area contributed by atoms with Crippen LogP contribution in [-0.2, 0) is 15.9 Å². The molecule has 1 aromatic rings. The Hall–Kier alpha value is -0.860. The van der Waals surface area contributed by atoms with E-state index in [2.05, 4.69) is 31.2 Å². The summed E-state index contributed by atoms with van der Waals surface area (Å²) in [6.07, 6.45) is 2.02. The molecular weight excluding hydrogens is 176 g/mol. The molecule has 2 rings (SSSR count). The third kappa shape index (κ3) is 2.56. The Morgan fingerprint density at radius 3 is 2.79 bits per heavy atom. The summed E-state index contributed by atoms with van der Waals surface area (Å²) < 4.78 is 10.8. The van der Waals surface area contributed by atoms with Crippen molar-refractivity contribution >= 4 is 0 Å². The summed E-state index contributed by atoms with van der Waals surface area (Å²) in [7, 11) is 0. The molecule has 1 heterocycles. The first-order valence-electron chi connectivity index (χ1n) is 5.13. The normalized spacial score (nSPS) is 17.5. The highest BCUT2D eigenvalue weighted by molar-refractivity contribution is 5.22. The van der Waals surface area contributed by atoms with Gasteiger partial charge < -0.3 is 9.47 Å². The van der Waals surface area contributed by atoms with Crippen LogP contribution in [0.5, 0.6) is 0 Å². The molecule has 0 amide bonds. The minimum atomic E-state index is 0.0236. The lowest BCUT2D eigenvalue weighted by molar-refractivity contribution is -0.0462. The first kappa shape index (κ1) is 9.69. The second kappa shape index (κ2) is 4.58. The monoisotopic (exact) mass is 192 g/mol. The molecule has 1 aliphatic rings. The summed E-state index contributed by atoms with van der Waals surface area (Å²) in [6.45, 7) is 3.61. The minimum absolute atomic E-state index is 0.0236. The van der Waals surface area contributed by atoms with Crippen molar-refractivity contribution in [1.29, 1.82) is 0 Å². The van der Waals surface area contributed by atoms with Crippen molar-refractivity contribution in [2.75, 3.05) is 13.2 Å². The van der Waals surface area contributed by atoms with Crippen LogP contribution in [0.25, 0.3) is 0 Å². The summed E-state index contributed by atoms with van der Waals surface area (Å²) >= 11 is 0. The van der Waals surface area contributed by atoms with Crippen LogP contribution in [0.4, 0.5) is 0 Å². The van der Waals surface area contributed by atoms with Crippen molar-refractivity contribution in [1.82, 2.24) is 0 Å². The second-order valence-electron chi connectivity index (χ2n) is 3.70. The standard InChI is InChI=1S/C12H16O2/c1-10-3-2-4-11(9-10)5-6-12-13-7-8-14-12/h2-4,9,12H,5-8H2,1H3. The highest BCUT2D eigenvalue weighted by Gasteiger charge is 2.15. The first-order valence-corrected chi connectivity index (χ1v) is 5.13. The lowest BCUT2D eigenvalue weighted by atomic mass is 10.1. The fraction of sp³-hybridized carbons (Fsp3) is 0.500. The molecule has 0 aliphatic carbocycles. The van der Waals surface area contributed by atoms with Gasteiger partial charge in [0.25, 0.3) is 0 Å². The van der Waals surface area contributed by atoms with Crippen molar-refractivity contribution in [2.24, 2.45) is 0 Å².